The number of amides is 3. The summed E-state index contributed by atoms with van der Waals surface area (Å²) in [6.07, 6.45) is 6.47. The summed E-state index contributed by atoms with van der Waals surface area (Å²) in [5.41, 5.74) is 10.7. The first-order valence-corrected chi connectivity index (χ1v) is 22.3. The van der Waals surface area contributed by atoms with E-state index in [0.29, 0.717) is 45.5 Å². The molecule has 63 heavy (non-hydrogen) atoms. The van der Waals surface area contributed by atoms with Gasteiger partial charge in [0.2, 0.25) is 11.8 Å². The lowest BCUT2D eigenvalue weighted by atomic mass is 9.84. The van der Waals surface area contributed by atoms with Gasteiger partial charge >= 0.3 is 5.97 Å². The molecule has 0 aliphatic carbocycles. The number of pyridine rings is 1. The normalized spacial score (nSPS) is 18.3. The summed E-state index contributed by atoms with van der Waals surface area (Å²) in [5.74, 6) is -1.79. The Hall–Kier alpha value is -5.69. The van der Waals surface area contributed by atoms with E-state index in [1.54, 1.807) is 20.4 Å². The maximum Gasteiger partial charge on any atom is 0.324 e. The highest BCUT2D eigenvalue weighted by atomic mass is 16.5. The number of carbonyl (C=O) groups is 4. The number of hydrogen-bond acceptors (Lipinski definition) is 10. The number of aryl methyl sites for hydroxylation is 1. The molecule has 2 aliphatic heterocycles. The number of methoxy groups -OCH3 is 1. The molecule has 4 heterocycles. The minimum atomic E-state index is -1.02. The fourth-order valence-electron chi connectivity index (χ4n) is 8.78. The highest BCUT2D eigenvalue weighted by molar-refractivity contribution is 5.96. The molecule has 2 aromatic carbocycles. The zero-order chi connectivity index (χ0) is 45.3. The zero-order valence-corrected chi connectivity index (χ0v) is 38.2. The minimum absolute atomic E-state index is 0.0826. The molecule has 3 amide bonds. The first-order valence-electron chi connectivity index (χ1n) is 22.3. The quantitative estimate of drug-likeness (QED) is 0.112. The molecule has 2 aromatic heterocycles. The number of cyclic esters (lactones) is 1. The number of benzene rings is 2. The predicted octanol–water partition coefficient (Wildman–Crippen LogP) is 6.64. The van der Waals surface area contributed by atoms with Crippen LogP contribution in [0.4, 0.5) is 0 Å². The van der Waals surface area contributed by atoms with Crippen molar-refractivity contribution in [1.82, 2.24) is 30.2 Å². The minimum Gasteiger partial charge on any atom is -0.464 e. The van der Waals surface area contributed by atoms with Gasteiger partial charge in [-0.05, 0) is 84.5 Å². The van der Waals surface area contributed by atoms with E-state index in [2.05, 4.69) is 87.4 Å². The number of nitrogens with zero attached hydrogens (tertiary/aromatic N) is 6. The van der Waals surface area contributed by atoms with Gasteiger partial charge in [0.25, 0.3) is 5.91 Å². The average molecular weight is 861 g/mol. The molecule has 14 nitrogen and oxygen atoms in total. The van der Waals surface area contributed by atoms with Gasteiger partial charge < -0.3 is 24.3 Å². The molecule has 0 saturated carbocycles. The highest BCUT2D eigenvalue weighted by Gasteiger charge is 2.37. The van der Waals surface area contributed by atoms with Crippen LogP contribution in [0.5, 0.6) is 0 Å². The van der Waals surface area contributed by atoms with Crippen LogP contribution in [0, 0.1) is 11.3 Å². The third kappa shape index (κ3) is 11.1. The van der Waals surface area contributed by atoms with Gasteiger partial charge in [0, 0.05) is 80.9 Å². The predicted molar refractivity (Wildman–Crippen MR) is 245 cm³/mol. The van der Waals surface area contributed by atoms with E-state index in [-0.39, 0.29) is 43.7 Å². The zero-order valence-electron chi connectivity index (χ0n) is 38.2. The molecule has 6 bridgehead atoms. The lowest BCUT2D eigenvalue weighted by molar-refractivity contribution is -0.155. The molecule has 0 spiro atoms. The largest absolute Gasteiger partial charge is 0.464 e. The average Bonchev–Trinajstić information content (AvgIpc) is 3.57. The number of hydrogen-bond donors (Lipinski definition) is 2. The standard InChI is InChI=1S/C49H64N8O6/c1-9-20-51-31-52-22-19-43(58)55(7)44(32(3)4)46(59)53-41-25-33-13-11-14-34(24-33)35-16-17-42-37(26-35)38(45(56(42)10-2)39-28-50-21-18-36(39)29-62-8)27-49(5,6)30-63-48(61)40-15-12-23-57(54-40)47(41)60/h11,13-14,16-18,21,24,26,28,32,40-41,44,54H,9-10,12,15,19-20,22-23,25,27,29-30H2,1-8H3,(H,53,59)/t40-,41-,44?/m0/s1. The van der Waals surface area contributed by atoms with Crippen LogP contribution in [-0.4, -0.2) is 108 Å². The third-order valence-corrected chi connectivity index (χ3v) is 11.9. The molecular weight excluding hydrogens is 797 g/mol. The molecule has 2 aliphatic rings. The molecule has 2 N–H and O–H groups in total. The number of carbonyl (C=O) groups excluding carboxylic acids is 4. The van der Waals surface area contributed by atoms with Crippen molar-refractivity contribution in [2.24, 2.45) is 21.3 Å². The molecule has 1 fully saturated rings. The van der Waals surface area contributed by atoms with E-state index in [9.17, 15) is 19.2 Å². The Labute approximate surface area is 371 Å². The van der Waals surface area contributed by atoms with E-state index < -0.39 is 35.4 Å². The third-order valence-electron chi connectivity index (χ3n) is 11.9. The van der Waals surface area contributed by atoms with Crippen LogP contribution in [0.15, 0.2) is 70.9 Å². The van der Waals surface area contributed by atoms with E-state index in [4.69, 9.17) is 9.47 Å². The number of aromatic nitrogens is 2. The SMILES string of the molecule is CCCN=C=NCCC(=O)N(C)C(C(=O)N[C@H]1Cc2cccc(c2)-c2ccc3c(c2)c(c(-c2cnccc2COC)n3CC)CC(C)(C)COC(=O)[C@@H]2CCCN(N2)C1=O)C(C)C. The summed E-state index contributed by atoms with van der Waals surface area (Å²) >= 11 is 0. The molecule has 1 unspecified atom stereocenters. The molecule has 14 heteroatoms. The lowest BCUT2D eigenvalue weighted by Gasteiger charge is -2.36. The number of esters is 1. The summed E-state index contributed by atoms with van der Waals surface area (Å²) in [6.45, 7) is 14.5. The maximum atomic E-state index is 14.6. The van der Waals surface area contributed by atoms with Crippen LogP contribution < -0.4 is 10.7 Å². The van der Waals surface area contributed by atoms with Crippen LogP contribution in [0.1, 0.15) is 83.9 Å². The lowest BCUT2D eigenvalue weighted by Crippen LogP contribution is -2.62. The molecule has 1 saturated heterocycles. The van der Waals surface area contributed by atoms with Crippen molar-refractivity contribution in [2.75, 3.05) is 40.4 Å². The maximum absolute atomic E-state index is 14.6. The monoisotopic (exact) mass is 860 g/mol. The number of fused-ring (bicyclic) bond motifs is 6. The number of hydrazine groups is 1. The second-order valence-corrected chi connectivity index (χ2v) is 17.8. The summed E-state index contributed by atoms with van der Waals surface area (Å²) in [4.78, 5) is 70.3. The number of nitrogens with one attached hydrogen (secondary N) is 2. The van der Waals surface area contributed by atoms with Gasteiger partial charge in [-0.1, -0.05) is 65.0 Å². The van der Waals surface area contributed by atoms with Gasteiger partial charge in [0.1, 0.15) is 18.1 Å². The van der Waals surface area contributed by atoms with Crippen molar-refractivity contribution in [3.05, 3.63) is 77.6 Å². The van der Waals surface area contributed by atoms with E-state index in [1.165, 1.54) is 9.91 Å². The molecule has 3 atom stereocenters. The molecule has 0 radical (unpaired) electrons. The van der Waals surface area contributed by atoms with Crippen LogP contribution in [-0.2, 0) is 54.6 Å². The van der Waals surface area contributed by atoms with Crippen molar-refractivity contribution in [3.63, 3.8) is 0 Å². The number of likely N-dealkylation sites (N-methyl/N-ethyl adjacent to an activating group) is 1. The Morgan fingerprint density at radius 3 is 2.62 bits per heavy atom. The number of rotatable bonds is 13. The van der Waals surface area contributed by atoms with Crippen LogP contribution in [0.25, 0.3) is 33.3 Å². The topological polar surface area (TPSA) is 160 Å². The van der Waals surface area contributed by atoms with Gasteiger partial charge in [-0.25, -0.2) is 15.4 Å². The molecule has 6 rings (SSSR count). The summed E-state index contributed by atoms with van der Waals surface area (Å²) in [7, 11) is 3.30. The Kier molecular flexibility index (Phi) is 15.7. The van der Waals surface area contributed by atoms with Crippen LogP contribution >= 0.6 is 0 Å². The second kappa shape index (κ2) is 21.1. The molecular formula is C49H64N8O6. The van der Waals surface area contributed by atoms with Crippen molar-refractivity contribution < 1.29 is 28.7 Å². The van der Waals surface area contributed by atoms with Crippen molar-refractivity contribution in [2.45, 2.75) is 111 Å². The van der Waals surface area contributed by atoms with Crippen LogP contribution in [0.2, 0.25) is 0 Å². The van der Waals surface area contributed by atoms with Crippen LogP contribution in [0.3, 0.4) is 0 Å². The fraction of sp³-hybridized carbons (Fsp3) is 0.510. The fourth-order valence-corrected chi connectivity index (χ4v) is 8.78. The van der Waals surface area contributed by atoms with Gasteiger partial charge in [0.15, 0.2) is 0 Å². The smallest absolute Gasteiger partial charge is 0.324 e. The Bertz CT molecular complexity index is 2350. The summed E-state index contributed by atoms with van der Waals surface area (Å²) in [5, 5.41) is 5.58. The first kappa shape index (κ1) is 46.8. The highest BCUT2D eigenvalue weighted by Crippen LogP contribution is 2.41. The Morgan fingerprint density at radius 2 is 1.87 bits per heavy atom. The Morgan fingerprint density at radius 1 is 1.10 bits per heavy atom. The van der Waals surface area contributed by atoms with E-state index in [1.807, 2.05) is 45.2 Å². The summed E-state index contributed by atoms with van der Waals surface area (Å²) in [6, 6.07) is 16.6. The molecule has 336 valence electrons. The van der Waals surface area contributed by atoms with Gasteiger partial charge in [-0.3, -0.25) is 29.2 Å². The first-order chi connectivity index (χ1) is 30.3. The van der Waals surface area contributed by atoms with Gasteiger partial charge in [0.05, 0.1) is 31.5 Å². The van der Waals surface area contributed by atoms with E-state index in [0.717, 1.165) is 56.4 Å². The number of ether oxygens (including phenoxy) is 2. The molecule has 4 aromatic rings. The van der Waals surface area contributed by atoms with Crippen molar-refractivity contribution >= 4 is 40.6 Å². The van der Waals surface area contributed by atoms with Crippen molar-refractivity contribution in [3.8, 4) is 22.4 Å². The van der Waals surface area contributed by atoms with Crippen molar-refractivity contribution in [1.29, 1.82) is 0 Å². The van der Waals surface area contributed by atoms with Gasteiger partial charge in [-0.15, -0.1) is 0 Å². The van der Waals surface area contributed by atoms with Gasteiger partial charge in [-0.2, -0.15) is 0 Å². The summed E-state index contributed by atoms with van der Waals surface area (Å²) < 4.78 is 14.1. The van der Waals surface area contributed by atoms with E-state index >= 15 is 0 Å². The Balaban J connectivity index is 1.41. The number of aliphatic imine (C=N–C) groups is 2. The second-order valence-electron chi connectivity index (χ2n) is 17.8.